The third-order valence-electron chi connectivity index (χ3n) is 4.06. The lowest BCUT2D eigenvalue weighted by Gasteiger charge is -2.20. The van der Waals surface area contributed by atoms with Crippen LogP contribution in [0.15, 0.2) is 54.6 Å². The molecule has 2 unspecified atom stereocenters. The number of nitrogens with one attached hydrogen (secondary N) is 2. The van der Waals surface area contributed by atoms with Gasteiger partial charge in [-0.1, -0.05) is 42.5 Å². The number of hydrogen-bond donors (Lipinski definition) is 5. The first-order valence-electron chi connectivity index (χ1n) is 8.72. The molecule has 8 nitrogen and oxygen atoms in total. The Morgan fingerprint density at radius 1 is 0.893 bits per heavy atom. The minimum absolute atomic E-state index is 0.111. The van der Waals surface area contributed by atoms with Crippen molar-refractivity contribution in [1.29, 1.82) is 0 Å². The van der Waals surface area contributed by atoms with Crippen molar-refractivity contribution in [2.75, 3.05) is 6.54 Å². The fraction of sp³-hybridized carbons (Fsp3) is 0.250. The zero-order valence-electron chi connectivity index (χ0n) is 15.2. The molecule has 2 atom stereocenters. The zero-order valence-corrected chi connectivity index (χ0v) is 15.2. The van der Waals surface area contributed by atoms with Crippen LogP contribution in [0.3, 0.4) is 0 Å². The largest absolute Gasteiger partial charge is 0.508 e. The summed E-state index contributed by atoms with van der Waals surface area (Å²) in [5, 5.41) is 22.9. The maximum absolute atomic E-state index is 12.5. The molecule has 2 aromatic carbocycles. The molecule has 2 rings (SSSR count). The van der Waals surface area contributed by atoms with E-state index in [1.54, 1.807) is 36.4 Å². The topological polar surface area (TPSA) is 142 Å². The number of benzene rings is 2. The Hall–Kier alpha value is -3.39. The molecule has 2 amide bonds. The number of phenols is 1. The van der Waals surface area contributed by atoms with Crippen LogP contribution in [-0.4, -0.2) is 46.6 Å². The highest BCUT2D eigenvalue weighted by Gasteiger charge is 2.24. The summed E-state index contributed by atoms with van der Waals surface area (Å²) >= 11 is 0. The van der Waals surface area contributed by atoms with Crippen LogP contribution in [0.25, 0.3) is 0 Å². The Bertz CT molecular complexity index is 808. The van der Waals surface area contributed by atoms with E-state index in [0.29, 0.717) is 0 Å². The normalized spacial score (nSPS) is 12.6. The molecule has 0 aliphatic carbocycles. The number of carbonyl (C=O) groups excluding carboxylic acids is 2. The van der Waals surface area contributed by atoms with E-state index in [-0.39, 0.29) is 18.6 Å². The Kier molecular flexibility index (Phi) is 7.53. The van der Waals surface area contributed by atoms with Crippen LogP contribution >= 0.6 is 0 Å². The van der Waals surface area contributed by atoms with Crippen LogP contribution in [0, 0.1) is 0 Å². The monoisotopic (exact) mass is 385 g/mol. The molecule has 148 valence electrons. The van der Waals surface area contributed by atoms with Gasteiger partial charge in [0.05, 0.1) is 6.04 Å². The molecule has 0 saturated heterocycles. The van der Waals surface area contributed by atoms with Gasteiger partial charge in [-0.3, -0.25) is 14.4 Å². The van der Waals surface area contributed by atoms with E-state index in [9.17, 15) is 19.5 Å². The van der Waals surface area contributed by atoms with Crippen molar-refractivity contribution >= 4 is 17.8 Å². The predicted octanol–water partition coefficient (Wildman–Crippen LogP) is 0.190. The fourth-order valence-electron chi connectivity index (χ4n) is 2.60. The van der Waals surface area contributed by atoms with Crippen LogP contribution in [0.5, 0.6) is 5.75 Å². The van der Waals surface area contributed by atoms with Gasteiger partial charge in [0.1, 0.15) is 18.3 Å². The van der Waals surface area contributed by atoms with Crippen molar-refractivity contribution in [3.8, 4) is 5.75 Å². The Labute approximate surface area is 162 Å². The second kappa shape index (κ2) is 10.1. The van der Waals surface area contributed by atoms with E-state index in [4.69, 9.17) is 10.8 Å². The van der Waals surface area contributed by atoms with Crippen molar-refractivity contribution in [1.82, 2.24) is 10.6 Å². The first-order valence-corrected chi connectivity index (χ1v) is 8.72. The summed E-state index contributed by atoms with van der Waals surface area (Å²) in [5.41, 5.74) is 7.52. The average molecular weight is 385 g/mol. The maximum Gasteiger partial charge on any atom is 0.322 e. The van der Waals surface area contributed by atoms with E-state index in [1.807, 2.05) is 6.07 Å². The van der Waals surface area contributed by atoms with Crippen LogP contribution in [0.2, 0.25) is 0 Å². The van der Waals surface area contributed by atoms with Gasteiger partial charge in [-0.15, -0.1) is 0 Å². The number of carbonyl (C=O) groups is 3. The van der Waals surface area contributed by atoms with Gasteiger partial charge in [0.15, 0.2) is 0 Å². The van der Waals surface area contributed by atoms with Crippen molar-refractivity contribution in [3.63, 3.8) is 0 Å². The molecular weight excluding hydrogens is 362 g/mol. The summed E-state index contributed by atoms with van der Waals surface area (Å²) in [6.07, 6.45) is 0.422. The van der Waals surface area contributed by atoms with E-state index in [1.165, 1.54) is 12.1 Å². The third-order valence-corrected chi connectivity index (χ3v) is 4.06. The Morgan fingerprint density at radius 2 is 1.50 bits per heavy atom. The maximum atomic E-state index is 12.5. The molecule has 0 aliphatic heterocycles. The van der Waals surface area contributed by atoms with E-state index in [0.717, 1.165) is 11.1 Å². The molecule has 0 aliphatic rings. The number of aliphatic carboxylic acids is 1. The predicted molar refractivity (Wildman–Crippen MR) is 103 cm³/mol. The lowest BCUT2D eigenvalue weighted by Crippen LogP contribution is -2.53. The van der Waals surface area contributed by atoms with Gasteiger partial charge in [0, 0.05) is 6.42 Å². The molecule has 2 aromatic rings. The molecule has 8 heteroatoms. The van der Waals surface area contributed by atoms with Crippen LogP contribution in [0.1, 0.15) is 11.1 Å². The molecule has 0 heterocycles. The number of carboxylic acids is 1. The summed E-state index contributed by atoms with van der Waals surface area (Å²) in [7, 11) is 0. The van der Waals surface area contributed by atoms with Gasteiger partial charge >= 0.3 is 5.97 Å². The molecule has 0 saturated carbocycles. The van der Waals surface area contributed by atoms with Gasteiger partial charge in [0.25, 0.3) is 0 Å². The zero-order chi connectivity index (χ0) is 20.5. The standard InChI is InChI=1S/C20H23N3O5/c21-16(10-14-6-8-15(24)9-7-14)19(27)23-17(20(28)22-12-18(25)26)11-13-4-2-1-3-5-13/h1-9,16-17,24H,10-12,21H2,(H,22,28)(H,23,27)(H,25,26). The number of phenolic OH excluding ortho intramolecular Hbond substituents is 1. The molecule has 0 spiro atoms. The van der Waals surface area contributed by atoms with Crippen molar-refractivity contribution in [2.45, 2.75) is 24.9 Å². The van der Waals surface area contributed by atoms with E-state index < -0.39 is 36.4 Å². The summed E-state index contributed by atoms with van der Waals surface area (Å²) in [6.45, 7) is -0.542. The number of aromatic hydroxyl groups is 1. The van der Waals surface area contributed by atoms with E-state index in [2.05, 4.69) is 10.6 Å². The molecule has 0 bridgehead atoms. The van der Waals surface area contributed by atoms with Gasteiger partial charge in [-0.2, -0.15) is 0 Å². The lowest BCUT2D eigenvalue weighted by molar-refractivity contribution is -0.138. The molecule has 0 aromatic heterocycles. The van der Waals surface area contributed by atoms with Crippen molar-refractivity contribution in [3.05, 3.63) is 65.7 Å². The SMILES string of the molecule is NC(Cc1ccc(O)cc1)C(=O)NC(Cc1ccccc1)C(=O)NCC(=O)O. The van der Waals surface area contributed by atoms with Gasteiger partial charge in [0.2, 0.25) is 11.8 Å². The minimum atomic E-state index is -1.18. The minimum Gasteiger partial charge on any atom is -0.508 e. The van der Waals surface area contributed by atoms with Gasteiger partial charge in [-0.05, 0) is 29.7 Å². The van der Waals surface area contributed by atoms with Crippen LogP contribution < -0.4 is 16.4 Å². The van der Waals surface area contributed by atoms with E-state index >= 15 is 0 Å². The lowest BCUT2D eigenvalue weighted by atomic mass is 10.0. The van der Waals surface area contributed by atoms with Gasteiger partial charge < -0.3 is 26.6 Å². The van der Waals surface area contributed by atoms with Crippen molar-refractivity contribution in [2.24, 2.45) is 5.73 Å². The van der Waals surface area contributed by atoms with Crippen LogP contribution in [-0.2, 0) is 27.2 Å². The number of nitrogens with two attached hydrogens (primary N) is 1. The molecule has 28 heavy (non-hydrogen) atoms. The Morgan fingerprint density at radius 3 is 2.11 bits per heavy atom. The number of amides is 2. The highest BCUT2D eigenvalue weighted by molar-refractivity contribution is 5.91. The summed E-state index contributed by atoms with van der Waals surface area (Å²) in [4.78, 5) is 35.5. The second-order valence-corrected chi connectivity index (χ2v) is 6.34. The van der Waals surface area contributed by atoms with Gasteiger partial charge in [-0.25, -0.2) is 0 Å². The average Bonchev–Trinajstić information content (AvgIpc) is 2.68. The molecule has 6 N–H and O–H groups in total. The second-order valence-electron chi connectivity index (χ2n) is 6.34. The quantitative estimate of drug-likeness (QED) is 0.417. The number of hydrogen-bond acceptors (Lipinski definition) is 5. The molecule has 0 radical (unpaired) electrons. The van der Waals surface area contributed by atoms with Crippen LogP contribution in [0.4, 0.5) is 0 Å². The third kappa shape index (κ3) is 6.73. The summed E-state index contributed by atoms with van der Waals surface area (Å²) in [5.74, 6) is -2.20. The first-order chi connectivity index (χ1) is 13.3. The number of carboxylic acid groups (broad SMARTS) is 1. The molecular formula is C20H23N3O5. The first kappa shape index (κ1) is 20.9. The van der Waals surface area contributed by atoms with Crippen molar-refractivity contribution < 1.29 is 24.6 Å². The number of rotatable bonds is 9. The Balaban J connectivity index is 2.04. The molecule has 0 fully saturated rings. The highest BCUT2D eigenvalue weighted by atomic mass is 16.4. The highest BCUT2D eigenvalue weighted by Crippen LogP contribution is 2.11. The fourth-order valence-corrected chi connectivity index (χ4v) is 2.60. The summed E-state index contributed by atoms with van der Waals surface area (Å²) < 4.78 is 0. The summed E-state index contributed by atoms with van der Waals surface area (Å²) in [6, 6.07) is 13.5. The smallest absolute Gasteiger partial charge is 0.322 e.